The van der Waals surface area contributed by atoms with Gasteiger partial charge in [-0.1, -0.05) is 170 Å². The van der Waals surface area contributed by atoms with Gasteiger partial charge in [0.25, 0.3) is 0 Å². The summed E-state index contributed by atoms with van der Waals surface area (Å²) < 4.78 is 4.70. The first-order valence-corrected chi connectivity index (χ1v) is 40.4. The van der Waals surface area contributed by atoms with Crippen LogP contribution in [0.15, 0.2) is 315 Å². The first kappa shape index (κ1) is 79.3. The quantitative estimate of drug-likeness (QED) is 0.0264. The molecule has 0 atom stereocenters. The maximum Gasteiger partial charge on any atom is 1.00 e. The summed E-state index contributed by atoms with van der Waals surface area (Å²) in [6.07, 6.45) is 39.0. The van der Waals surface area contributed by atoms with Crippen LogP contribution in [0.4, 0.5) is 0 Å². The van der Waals surface area contributed by atoms with Crippen molar-refractivity contribution >= 4 is 137 Å². The zero-order valence-electron chi connectivity index (χ0n) is 53.7. The molecular weight excluding hydrogens is 2030 g/mol. The third-order valence-corrected chi connectivity index (χ3v) is 30.6. The van der Waals surface area contributed by atoms with Crippen molar-refractivity contribution in [3.05, 3.63) is 363 Å². The summed E-state index contributed by atoms with van der Waals surface area (Å²) in [4.78, 5) is 0. The van der Waals surface area contributed by atoms with Crippen molar-refractivity contribution in [2.75, 3.05) is 24.6 Å². The summed E-state index contributed by atoms with van der Waals surface area (Å²) in [6, 6.07) is 113. The van der Waals surface area contributed by atoms with Gasteiger partial charge in [0.05, 0.1) is 98.8 Å². The Labute approximate surface area is 656 Å². The maximum atomic E-state index is 7.16. The Morgan fingerprint density at radius 1 is 0.214 bits per heavy atom. The first-order valence-electron chi connectivity index (χ1n) is 32.0. The second-order valence-electron chi connectivity index (χ2n) is 22.8. The van der Waals surface area contributed by atoms with Gasteiger partial charge in [0, 0.05) is 18.8 Å². The monoisotopic (exact) mass is 2100 g/mol. The van der Waals surface area contributed by atoms with Crippen LogP contribution in [0.5, 0.6) is 0 Å². The molecule has 10 heteroatoms. The second kappa shape index (κ2) is 42.3. The Hall–Kier alpha value is -6.00. The summed E-state index contributed by atoms with van der Waals surface area (Å²) in [5.41, 5.74) is 3.17. The summed E-state index contributed by atoms with van der Waals surface area (Å²) in [6.45, 7) is 0. The van der Waals surface area contributed by atoms with Crippen LogP contribution < -0.4 is 42.4 Å². The Morgan fingerprint density at radius 2 is 0.408 bits per heavy atom. The fraction of sp³-hybridized carbons (Fsp3) is 0.0909. The van der Waals surface area contributed by atoms with Crippen LogP contribution in [0.1, 0.15) is 47.9 Å². The molecule has 496 valence electrons. The number of rotatable bonds is 18. The molecule has 0 saturated heterocycles. The fourth-order valence-electron chi connectivity index (χ4n) is 12.0. The van der Waals surface area contributed by atoms with E-state index in [1.165, 1.54) is 113 Å². The fourth-order valence-corrected chi connectivity index (χ4v) is 25.1. The molecular formula is C88H72Au4P4S2+4. The van der Waals surface area contributed by atoms with Crippen LogP contribution in [0.25, 0.3) is 40.3 Å². The Bertz CT molecular complexity index is 4220. The van der Waals surface area contributed by atoms with Gasteiger partial charge in [0.2, 0.25) is 0 Å². The molecule has 2 heterocycles. The third kappa shape index (κ3) is 22.0. The van der Waals surface area contributed by atoms with Gasteiger partial charge in [-0.2, -0.15) is 0 Å². The molecule has 0 aliphatic heterocycles. The average molecular weight is 2110 g/mol. The number of hydrogen-bond acceptors (Lipinski definition) is 2. The van der Waals surface area contributed by atoms with Gasteiger partial charge >= 0.3 is 89.5 Å². The van der Waals surface area contributed by atoms with Gasteiger partial charge in [-0.15, -0.1) is 93.5 Å². The molecule has 0 radical (unpaired) electrons. The molecule has 2 aromatic heterocycles. The normalized spacial score (nSPS) is 10.4. The second-order valence-corrected chi connectivity index (χ2v) is 35.4. The summed E-state index contributed by atoms with van der Waals surface area (Å²) in [5.74, 6) is 9.62. The first-order chi connectivity index (χ1) is 46.5. The molecule has 12 aromatic carbocycles. The number of benzene rings is 12. The van der Waals surface area contributed by atoms with E-state index in [1.807, 2.05) is 72.8 Å². The van der Waals surface area contributed by atoms with Crippen molar-refractivity contribution in [1.29, 1.82) is 0 Å². The van der Waals surface area contributed by atoms with Crippen molar-refractivity contribution in [3.63, 3.8) is 0 Å². The van der Waals surface area contributed by atoms with Crippen LogP contribution in [0.3, 0.4) is 0 Å². The predicted molar refractivity (Wildman–Crippen MR) is 423 cm³/mol. The van der Waals surface area contributed by atoms with E-state index in [4.69, 9.17) is 25.7 Å². The van der Waals surface area contributed by atoms with Crippen molar-refractivity contribution in [2.45, 2.75) is 25.7 Å². The molecule has 14 aromatic rings. The van der Waals surface area contributed by atoms with E-state index in [0.29, 0.717) is 0 Å². The number of fused-ring (bicyclic) bond motifs is 6. The van der Waals surface area contributed by atoms with E-state index >= 15 is 0 Å². The molecule has 0 nitrogen and oxygen atoms in total. The van der Waals surface area contributed by atoms with Crippen LogP contribution in [0.2, 0.25) is 0 Å². The number of hydrogen-bond donors (Lipinski definition) is 0. The Kier molecular flexibility index (Phi) is 34.2. The van der Waals surface area contributed by atoms with Crippen LogP contribution >= 0.6 is 54.4 Å². The molecule has 0 N–H and O–H groups in total. The largest absolute Gasteiger partial charge is 1.00 e. The van der Waals surface area contributed by atoms with Gasteiger partial charge < -0.3 is 25.7 Å². The molecule has 0 saturated carbocycles. The van der Waals surface area contributed by atoms with Gasteiger partial charge in [-0.3, -0.25) is 23.7 Å². The van der Waals surface area contributed by atoms with Gasteiger partial charge in [0.15, 0.2) is 0 Å². The molecule has 0 aliphatic carbocycles. The molecule has 0 fully saturated rings. The van der Waals surface area contributed by atoms with E-state index in [2.05, 4.69) is 266 Å². The van der Waals surface area contributed by atoms with Crippen molar-refractivity contribution in [1.82, 2.24) is 0 Å². The molecule has 0 bridgehead atoms. The molecule has 0 amide bonds. The van der Waals surface area contributed by atoms with Crippen molar-refractivity contribution in [2.24, 2.45) is 0 Å². The Morgan fingerprint density at radius 3 is 0.612 bits per heavy atom. The molecule has 14 rings (SSSR count). The topological polar surface area (TPSA) is 0 Å². The molecule has 0 aliphatic rings. The van der Waals surface area contributed by atoms with Crippen LogP contribution in [-0.4, -0.2) is 24.6 Å². The molecule has 0 unspecified atom stereocenters. The summed E-state index contributed by atoms with van der Waals surface area (Å²) in [7, 11) is -2.86. The predicted octanol–water partition coefficient (Wildman–Crippen LogP) is 18.8. The van der Waals surface area contributed by atoms with Crippen molar-refractivity contribution in [3.8, 4) is 23.7 Å². The van der Waals surface area contributed by atoms with Gasteiger partial charge in [-0.05, 0) is 144 Å². The Balaban J connectivity index is 0.000000187. The maximum absolute atomic E-state index is 7.16. The minimum atomic E-state index is -0.714. The van der Waals surface area contributed by atoms with E-state index in [1.54, 1.807) is 22.7 Å². The minimum absolute atomic E-state index is 0. The standard InChI is InChI=1S/2C28H28P2.2C16H6S.4Au/c2*1-5-15-25(16-6-1)29(26-17-7-2-8-18-26)23-13-14-24-30(27-19-9-3-10-20-27)28-21-11-4-12-22-28;2*1-3-11-6-8-15-14(9-11)13-7-5-12(4-2)10-16(13)17-15;;;;/h2*1-12,15-22H,13-14,23-24H2;2*5-10H;;;;/q;;2*-2;4*+1/p+4. The number of thiophene rings is 2. The average Bonchev–Trinajstić information content (AvgIpc) is 1.64. The zero-order chi connectivity index (χ0) is 64.5. The molecule has 98 heavy (non-hydrogen) atoms. The zero-order valence-corrected chi connectivity index (χ0v) is 68.0. The van der Waals surface area contributed by atoms with Crippen LogP contribution in [0, 0.1) is 49.4 Å². The van der Waals surface area contributed by atoms with E-state index in [-0.39, 0.29) is 89.5 Å². The van der Waals surface area contributed by atoms with Crippen molar-refractivity contribution < 1.29 is 89.5 Å². The molecule has 0 spiro atoms. The van der Waals surface area contributed by atoms with E-state index < -0.39 is 31.7 Å². The number of unbranched alkanes of at least 4 members (excludes halogenated alkanes) is 2. The van der Waals surface area contributed by atoms with Crippen LogP contribution in [-0.2, 0) is 89.5 Å². The minimum Gasteiger partial charge on any atom is -0.366 e. The van der Waals surface area contributed by atoms with Gasteiger partial charge in [-0.25, -0.2) is 0 Å². The van der Waals surface area contributed by atoms with E-state index in [0.717, 1.165) is 42.4 Å². The smallest absolute Gasteiger partial charge is 0.366 e. The third-order valence-electron chi connectivity index (χ3n) is 16.7. The SMILES string of the molecule is [Au+].[Au+].[Au+].[Au+].[C-]#Cc1ccc2c(c1)sc1ccc(C#[C-])cc12.[C-]#Cc1ccc2c(c1)sc1ccc(C#[C-])cc12.c1ccc([PH+](CCCC[PH+](c2ccccc2)c2ccccc2)c2ccccc2)cc1.c1ccc([PH+](CCCC[PH+](c2ccccc2)c2ccccc2)c2ccccc2)cc1. The summed E-state index contributed by atoms with van der Waals surface area (Å²) in [5, 5.41) is 16.9. The van der Waals surface area contributed by atoms with E-state index in [9.17, 15) is 0 Å². The van der Waals surface area contributed by atoms with Gasteiger partial charge in [0.1, 0.15) is 0 Å². The summed E-state index contributed by atoms with van der Waals surface area (Å²) >= 11 is 3.40.